The molecule has 0 N–H and O–H groups in total. The molecule has 0 heterocycles. The van der Waals surface area contributed by atoms with E-state index < -0.39 is 11.9 Å². The molecule has 0 radical (unpaired) electrons. The first-order valence-electron chi connectivity index (χ1n) is 3.95. The molecule has 0 aromatic carbocycles. The maximum atomic E-state index is 10.8. The fourth-order valence-electron chi connectivity index (χ4n) is 0.516. The minimum absolute atomic E-state index is 0.256. The monoisotopic (exact) mass is 174 g/mol. The van der Waals surface area contributed by atoms with Gasteiger partial charge in [0.05, 0.1) is 12.7 Å². The molecule has 4 nitrogen and oxygen atoms in total. The van der Waals surface area contributed by atoms with Gasteiger partial charge in [-0.1, -0.05) is 6.92 Å². The Hall–Kier alpha value is -1.06. The third kappa shape index (κ3) is 4.71. The van der Waals surface area contributed by atoms with Gasteiger partial charge in [0.25, 0.3) is 0 Å². The SMILES string of the molecule is CCCOC(=O)C(=O)OC(C)C. The second kappa shape index (κ2) is 5.57. The summed E-state index contributed by atoms with van der Waals surface area (Å²) < 4.78 is 9.14. The van der Waals surface area contributed by atoms with Crippen LogP contribution in [0.5, 0.6) is 0 Å². The van der Waals surface area contributed by atoms with Gasteiger partial charge in [-0.05, 0) is 20.3 Å². The second-order valence-corrected chi connectivity index (χ2v) is 2.59. The fraction of sp³-hybridized carbons (Fsp3) is 0.750. The minimum Gasteiger partial charge on any atom is -0.457 e. The summed E-state index contributed by atoms with van der Waals surface area (Å²) >= 11 is 0. The molecule has 4 heteroatoms. The van der Waals surface area contributed by atoms with E-state index in [2.05, 4.69) is 9.47 Å². The molecule has 0 aromatic rings. The predicted molar refractivity (Wildman–Crippen MR) is 42.5 cm³/mol. The first-order chi connectivity index (χ1) is 5.57. The number of carbonyl (C=O) groups excluding carboxylic acids is 2. The van der Waals surface area contributed by atoms with Crippen LogP contribution in [0.1, 0.15) is 27.2 Å². The van der Waals surface area contributed by atoms with Crippen LogP contribution in [0, 0.1) is 0 Å². The topological polar surface area (TPSA) is 52.6 Å². The highest BCUT2D eigenvalue weighted by atomic mass is 16.6. The van der Waals surface area contributed by atoms with Crippen LogP contribution in [0.4, 0.5) is 0 Å². The Bertz CT molecular complexity index is 162. The van der Waals surface area contributed by atoms with E-state index in [0.717, 1.165) is 0 Å². The highest BCUT2D eigenvalue weighted by Gasteiger charge is 2.17. The van der Waals surface area contributed by atoms with Crippen molar-refractivity contribution in [1.82, 2.24) is 0 Å². The Labute approximate surface area is 71.8 Å². The number of carbonyl (C=O) groups is 2. The molecule has 0 aliphatic heterocycles. The van der Waals surface area contributed by atoms with Gasteiger partial charge < -0.3 is 9.47 Å². The van der Waals surface area contributed by atoms with Crippen molar-refractivity contribution in [3.63, 3.8) is 0 Å². The van der Waals surface area contributed by atoms with Crippen LogP contribution in [-0.2, 0) is 19.1 Å². The highest BCUT2D eigenvalue weighted by molar-refractivity contribution is 6.29. The lowest BCUT2D eigenvalue weighted by Gasteiger charge is -2.06. The fourth-order valence-corrected chi connectivity index (χ4v) is 0.516. The van der Waals surface area contributed by atoms with Crippen LogP contribution in [-0.4, -0.2) is 24.6 Å². The average Bonchev–Trinajstić information content (AvgIpc) is 1.98. The van der Waals surface area contributed by atoms with Gasteiger partial charge in [-0.2, -0.15) is 0 Å². The van der Waals surface area contributed by atoms with E-state index in [-0.39, 0.29) is 12.7 Å². The van der Waals surface area contributed by atoms with Crippen LogP contribution >= 0.6 is 0 Å². The van der Waals surface area contributed by atoms with Crippen molar-refractivity contribution in [3.05, 3.63) is 0 Å². The highest BCUT2D eigenvalue weighted by Crippen LogP contribution is 1.92. The van der Waals surface area contributed by atoms with E-state index in [1.165, 1.54) is 0 Å². The summed E-state index contributed by atoms with van der Waals surface area (Å²) in [5, 5.41) is 0. The predicted octanol–water partition coefficient (Wildman–Crippen LogP) is 0.891. The van der Waals surface area contributed by atoms with Crippen molar-refractivity contribution in [1.29, 1.82) is 0 Å². The van der Waals surface area contributed by atoms with Crippen molar-refractivity contribution in [2.45, 2.75) is 33.3 Å². The Kier molecular flexibility index (Phi) is 5.08. The summed E-state index contributed by atoms with van der Waals surface area (Å²) in [5.74, 6) is -1.83. The maximum Gasteiger partial charge on any atom is 0.417 e. The van der Waals surface area contributed by atoms with Gasteiger partial charge in [-0.15, -0.1) is 0 Å². The smallest absolute Gasteiger partial charge is 0.417 e. The van der Waals surface area contributed by atoms with E-state index in [4.69, 9.17) is 0 Å². The van der Waals surface area contributed by atoms with Crippen molar-refractivity contribution in [2.75, 3.05) is 6.61 Å². The van der Waals surface area contributed by atoms with Crippen LogP contribution in [0.2, 0.25) is 0 Å². The lowest BCUT2D eigenvalue weighted by Crippen LogP contribution is -2.23. The van der Waals surface area contributed by atoms with E-state index in [0.29, 0.717) is 6.42 Å². The zero-order valence-corrected chi connectivity index (χ0v) is 7.62. The third-order valence-electron chi connectivity index (χ3n) is 0.947. The van der Waals surface area contributed by atoms with Gasteiger partial charge >= 0.3 is 11.9 Å². The molecule has 70 valence electrons. The van der Waals surface area contributed by atoms with E-state index in [9.17, 15) is 9.59 Å². The summed E-state index contributed by atoms with van der Waals surface area (Å²) in [6.45, 7) is 5.45. The second-order valence-electron chi connectivity index (χ2n) is 2.59. The molecule has 0 atom stereocenters. The normalized spacial score (nSPS) is 9.67. The van der Waals surface area contributed by atoms with Crippen LogP contribution in [0.3, 0.4) is 0 Å². The molecule has 0 spiro atoms. The molecule has 0 amide bonds. The molecule has 0 unspecified atom stereocenters. The molecular formula is C8H14O4. The van der Waals surface area contributed by atoms with Gasteiger partial charge in [-0.25, -0.2) is 9.59 Å². The van der Waals surface area contributed by atoms with Crippen LogP contribution in [0.15, 0.2) is 0 Å². The number of hydrogen-bond donors (Lipinski definition) is 0. The summed E-state index contributed by atoms with van der Waals surface area (Å²) in [4.78, 5) is 21.5. The molecular weight excluding hydrogens is 160 g/mol. The van der Waals surface area contributed by atoms with Gasteiger partial charge in [0.15, 0.2) is 0 Å². The van der Waals surface area contributed by atoms with Crippen LogP contribution < -0.4 is 0 Å². The maximum absolute atomic E-state index is 10.8. The van der Waals surface area contributed by atoms with E-state index in [1.807, 2.05) is 6.92 Å². The van der Waals surface area contributed by atoms with Gasteiger partial charge in [0, 0.05) is 0 Å². The third-order valence-corrected chi connectivity index (χ3v) is 0.947. The molecule has 0 rings (SSSR count). The number of hydrogen-bond acceptors (Lipinski definition) is 4. The molecule has 0 aliphatic carbocycles. The number of ether oxygens (including phenoxy) is 2. The van der Waals surface area contributed by atoms with Gasteiger partial charge in [0.2, 0.25) is 0 Å². The lowest BCUT2D eigenvalue weighted by molar-refractivity contribution is -0.170. The Morgan fingerprint density at radius 3 is 2.25 bits per heavy atom. The Morgan fingerprint density at radius 1 is 1.25 bits per heavy atom. The van der Waals surface area contributed by atoms with Crippen LogP contribution in [0.25, 0.3) is 0 Å². The van der Waals surface area contributed by atoms with Crippen molar-refractivity contribution in [2.24, 2.45) is 0 Å². The molecule has 0 saturated heterocycles. The minimum atomic E-state index is -0.918. The first-order valence-corrected chi connectivity index (χ1v) is 3.95. The van der Waals surface area contributed by atoms with Gasteiger partial charge in [-0.3, -0.25) is 0 Å². The average molecular weight is 174 g/mol. The molecule has 0 bridgehead atoms. The van der Waals surface area contributed by atoms with E-state index >= 15 is 0 Å². The van der Waals surface area contributed by atoms with Crippen molar-refractivity contribution in [3.8, 4) is 0 Å². The number of rotatable bonds is 3. The lowest BCUT2D eigenvalue weighted by atomic mass is 10.5. The molecule has 0 aromatic heterocycles. The van der Waals surface area contributed by atoms with Crippen molar-refractivity contribution < 1.29 is 19.1 Å². The zero-order valence-electron chi connectivity index (χ0n) is 7.62. The quantitative estimate of drug-likeness (QED) is 0.471. The Morgan fingerprint density at radius 2 is 1.83 bits per heavy atom. The summed E-state index contributed by atoms with van der Waals surface area (Å²) in [6, 6.07) is 0. The summed E-state index contributed by atoms with van der Waals surface area (Å²) in [7, 11) is 0. The number of esters is 2. The Balaban J connectivity index is 3.70. The molecule has 0 saturated carbocycles. The largest absolute Gasteiger partial charge is 0.457 e. The first kappa shape index (κ1) is 10.9. The van der Waals surface area contributed by atoms with Crippen molar-refractivity contribution >= 4 is 11.9 Å². The molecule has 12 heavy (non-hydrogen) atoms. The molecule has 0 aliphatic rings. The molecule has 0 fully saturated rings. The summed E-state index contributed by atoms with van der Waals surface area (Å²) in [6.07, 6.45) is 0.410. The van der Waals surface area contributed by atoms with E-state index in [1.54, 1.807) is 13.8 Å². The zero-order chi connectivity index (χ0) is 9.56. The summed E-state index contributed by atoms with van der Waals surface area (Å²) in [5.41, 5.74) is 0. The van der Waals surface area contributed by atoms with Gasteiger partial charge in [0.1, 0.15) is 0 Å². The standard InChI is InChI=1S/C8H14O4/c1-4-5-11-7(9)8(10)12-6(2)3/h6H,4-5H2,1-3H3.